The monoisotopic (exact) mass is 481 g/mol. The quantitative estimate of drug-likeness (QED) is 0.109. The van der Waals surface area contributed by atoms with Gasteiger partial charge >= 0.3 is 0 Å². The van der Waals surface area contributed by atoms with Crippen molar-refractivity contribution in [3.8, 4) is 0 Å². The molecule has 2 nitrogen and oxygen atoms in total. The predicted molar refractivity (Wildman–Crippen MR) is 142 cm³/mol. The molecule has 5 aromatic carbocycles. The second kappa shape index (κ2) is 7.48. The van der Waals surface area contributed by atoms with Crippen LogP contribution < -0.4 is 0 Å². The fourth-order valence-corrected chi connectivity index (χ4v) is 6.31. The second-order valence-electron chi connectivity index (χ2n) is 9.63. The van der Waals surface area contributed by atoms with Crippen LogP contribution in [0.2, 0.25) is 0 Å². The van der Waals surface area contributed by atoms with Gasteiger partial charge in [0.15, 0.2) is 11.7 Å². The summed E-state index contributed by atoms with van der Waals surface area (Å²) in [6, 6.07) is 35.0. The van der Waals surface area contributed by atoms with Crippen LogP contribution in [0, 0.1) is 0 Å². The first-order valence-corrected chi connectivity index (χ1v) is 12.4. The molecule has 166 valence electrons. The molecule has 7 rings (SSSR count). The lowest BCUT2D eigenvalue weighted by Gasteiger charge is -2.17. The highest BCUT2D eigenvalue weighted by Gasteiger charge is 2.67. The van der Waals surface area contributed by atoms with Crippen LogP contribution in [0.4, 0.5) is 0 Å². The molecule has 0 N–H and O–H groups in total. The van der Waals surface area contributed by atoms with Crippen molar-refractivity contribution >= 4 is 55.5 Å². The molecule has 2 aliphatic rings. The first kappa shape index (κ1) is 20.3. The summed E-state index contributed by atoms with van der Waals surface area (Å²) in [7, 11) is 0. The molecule has 0 bridgehead atoms. The summed E-state index contributed by atoms with van der Waals surface area (Å²) >= 11 is 13.7. The van der Waals surface area contributed by atoms with Gasteiger partial charge in [-0.05, 0) is 73.7 Å². The smallest absolute Gasteiger partial charge is 0.239 e. The van der Waals surface area contributed by atoms with E-state index in [0.717, 1.165) is 29.3 Å². The Kier molecular flexibility index (Phi) is 4.48. The van der Waals surface area contributed by atoms with Gasteiger partial charge in [0.25, 0.3) is 0 Å². The first-order valence-electron chi connectivity index (χ1n) is 11.7. The molecule has 5 aromatic rings. The molecule has 0 amide bonds. The number of hydrogen-bond donors (Lipinski definition) is 0. The zero-order chi connectivity index (χ0) is 22.9. The van der Waals surface area contributed by atoms with Crippen molar-refractivity contribution in [3.05, 3.63) is 119 Å². The lowest BCUT2D eigenvalue weighted by atomic mass is 10.0. The Labute approximate surface area is 208 Å². The van der Waals surface area contributed by atoms with E-state index in [0.29, 0.717) is 11.3 Å². The molecule has 0 spiro atoms. The molecule has 1 saturated heterocycles. The molecule has 4 heteroatoms. The SMILES string of the molecule is ClC1=C(Cl)[N+]2(Cc3ccc4cc5ccccc5cc4c3)CC2N1Cc1ccc2ccccc2c1. The number of quaternary nitrogens is 1. The molecular formula is C30H23Cl2N2+. The van der Waals surface area contributed by atoms with Crippen molar-refractivity contribution in [2.45, 2.75) is 19.3 Å². The standard InChI is InChI=1S/C30H23Cl2N2/c31-29-30(32)34(18-21-10-12-26-15-24-7-3-4-8-25(24)16-27(26)14-21)19-28(34)33(29)17-20-9-11-22-5-1-2-6-23(22)13-20/h1-16,28H,17-19H2/q+1. The van der Waals surface area contributed by atoms with E-state index >= 15 is 0 Å². The molecule has 0 aliphatic carbocycles. The van der Waals surface area contributed by atoms with Crippen molar-refractivity contribution in [1.29, 1.82) is 0 Å². The van der Waals surface area contributed by atoms with Gasteiger partial charge in [-0.3, -0.25) is 4.90 Å². The summed E-state index contributed by atoms with van der Waals surface area (Å²) in [5.41, 5.74) is 2.55. The lowest BCUT2D eigenvalue weighted by Crippen LogP contribution is -2.27. The highest BCUT2D eigenvalue weighted by molar-refractivity contribution is 6.38. The van der Waals surface area contributed by atoms with Gasteiger partial charge in [-0.25, -0.2) is 4.48 Å². The molecule has 2 aliphatic heterocycles. The van der Waals surface area contributed by atoms with Crippen LogP contribution in [0.5, 0.6) is 0 Å². The third-order valence-corrected chi connectivity index (χ3v) is 8.51. The number of halogens is 2. The Balaban J connectivity index is 1.17. The number of nitrogens with zero attached hydrogens (tertiary/aromatic N) is 2. The average Bonchev–Trinajstić information content (AvgIpc) is 3.55. The summed E-state index contributed by atoms with van der Waals surface area (Å²) in [4.78, 5) is 2.28. The molecule has 2 atom stereocenters. The number of fused-ring (bicyclic) bond motifs is 4. The summed E-state index contributed by atoms with van der Waals surface area (Å²) < 4.78 is 0.729. The molecular weight excluding hydrogens is 459 g/mol. The van der Waals surface area contributed by atoms with Gasteiger partial charge < -0.3 is 0 Å². The second-order valence-corrected chi connectivity index (χ2v) is 10.3. The normalized spacial score (nSPS) is 21.6. The maximum atomic E-state index is 6.89. The number of rotatable bonds is 4. The molecule has 2 heterocycles. The topological polar surface area (TPSA) is 3.24 Å². The minimum absolute atomic E-state index is 0.304. The van der Waals surface area contributed by atoms with E-state index in [9.17, 15) is 0 Å². The van der Waals surface area contributed by atoms with E-state index < -0.39 is 0 Å². The largest absolute Gasteiger partial charge is 0.298 e. The predicted octanol–water partition coefficient (Wildman–Crippen LogP) is 7.92. The Bertz CT molecular complexity index is 1640. The van der Waals surface area contributed by atoms with Crippen LogP contribution in [0.1, 0.15) is 11.1 Å². The minimum Gasteiger partial charge on any atom is -0.298 e. The van der Waals surface area contributed by atoms with Gasteiger partial charge in [0, 0.05) is 12.1 Å². The summed E-state index contributed by atoms with van der Waals surface area (Å²) in [6.07, 6.45) is 0.304. The van der Waals surface area contributed by atoms with Crippen LogP contribution in [-0.4, -0.2) is 22.1 Å². The van der Waals surface area contributed by atoms with Crippen LogP contribution in [0.15, 0.2) is 107 Å². The zero-order valence-electron chi connectivity index (χ0n) is 18.6. The Morgan fingerprint density at radius 1 is 0.647 bits per heavy atom. The molecule has 2 unspecified atom stereocenters. The Morgan fingerprint density at radius 3 is 1.97 bits per heavy atom. The lowest BCUT2D eigenvalue weighted by molar-refractivity contribution is -0.780. The van der Waals surface area contributed by atoms with Crippen molar-refractivity contribution in [2.75, 3.05) is 6.54 Å². The number of hydrogen-bond acceptors (Lipinski definition) is 1. The average molecular weight is 482 g/mol. The van der Waals surface area contributed by atoms with E-state index in [-0.39, 0.29) is 0 Å². The summed E-state index contributed by atoms with van der Waals surface area (Å²) in [5, 5.41) is 9.06. The molecule has 0 radical (unpaired) electrons. The first-order chi connectivity index (χ1) is 16.6. The van der Waals surface area contributed by atoms with Gasteiger partial charge in [0.1, 0.15) is 6.54 Å². The zero-order valence-corrected chi connectivity index (χ0v) is 20.1. The maximum absolute atomic E-state index is 6.89. The molecule has 0 saturated carbocycles. The molecule has 0 aromatic heterocycles. The minimum atomic E-state index is 0.304. The number of benzene rings is 5. The van der Waals surface area contributed by atoms with E-state index in [4.69, 9.17) is 23.2 Å². The fourth-order valence-electron chi connectivity index (χ4n) is 5.62. The molecule has 1 fully saturated rings. The van der Waals surface area contributed by atoms with E-state index in [1.54, 1.807) is 0 Å². The van der Waals surface area contributed by atoms with Crippen molar-refractivity contribution in [3.63, 3.8) is 0 Å². The van der Waals surface area contributed by atoms with E-state index in [2.05, 4.69) is 102 Å². The van der Waals surface area contributed by atoms with Crippen molar-refractivity contribution in [1.82, 2.24) is 4.90 Å². The Hall–Kier alpha value is -3.04. The van der Waals surface area contributed by atoms with Gasteiger partial charge in [0.05, 0.1) is 0 Å². The molecule has 34 heavy (non-hydrogen) atoms. The fraction of sp³-hybridized carbons (Fsp3) is 0.133. The van der Waals surface area contributed by atoms with Crippen LogP contribution >= 0.6 is 23.2 Å². The highest BCUT2D eigenvalue weighted by Crippen LogP contribution is 2.53. The van der Waals surface area contributed by atoms with Gasteiger partial charge in [0.2, 0.25) is 11.3 Å². The van der Waals surface area contributed by atoms with Crippen LogP contribution in [0.3, 0.4) is 0 Å². The van der Waals surface area contributed by atoms with E-state index in [1.165, 1.54) is 43.4 Å². The van der Waals surface area contributed by atoms with Gasteiger partial charge in [-0.15, -0.1) is 0 Å². The van der Waals surface area contributed by atoms with Crippen molar-refractivity contribution in [2.24, 2.45) is 0 Å². The van der Waals surface area contributed by atoms with Crippen LogP contribution in [0.25, 0.3) is 32.3 Å². The third-order valence-electron chi connectivity index (χ3n) is 7.50. The summed E-state index contributed by atoms with van der Waals surface area (Å²) in [5.74, 6) is 0. The van der Waals surface area contributed by atoms with Crippen LogP contribution in [-0.2, 0) is 13.1 Å². The van der Waals surface area contributed by atoms with Gasteiger partial charge in [-0.1, -0.05) is 84.4 Å². The van der Waals surface area contributed by atoms with E-state index in [1.807, 2.05) is 0 Å². The summed E-state index contributed by atoms with van der Waals surface area (Å²) in [6.45, 7) is 2.63. The Morgan fingerprint density at radius 2 is 1.21 bits per heavy atom. The van der Waals surface area contributed by atoms with Crippen molar-refractivity contribution < 1.29 is 4.48 Å². The maximum Gasteiger partial charge on any atom is 0.239 e. The third kappa shape index (κ3) is 3.14. The highest BCUT2D eigenvalue weighted by atomic mass is 35.5. The van der Waals surface area contributed by atoms with Gasteiger partial charge in [-0.2, -0.15) is 0 Å².